The van der Waals surface area contributed by atoms with Crippen LogP contribution in [-0.4, -0.2) is 57.5 Å². The highest BCUT2D eigenvalue weighted by Gasteiger charge is 2.22. The Morgan fingerprint density at radius 2 is 1.83 bits per heavy atom. The molecule has 0 unspecified atom stereocenters. The van der Waals surface area contributed by atoms with Crippen LogP contribution in [0.4, 0.5) is 5.69 Å². The first-order chi connectivity index (χ1) is 14.1. The van der Waals surface area contributed by atoms with Crippen molar-refractivity contribution >= 4 is 35.0 Å². The van der Waals surface area contributed by atoms with Crippen molar-refractivity contribution in [2.24, 2.45) is 0 Å². The quantitative estimate of drug-likeness (QED) is 0.581. The maximum Gasteiger partial charge on any atom is 0.233 e. The van der Waals surface area contributed by atoms with Gasteiger partial charge in [-0.15, -0.1) is 10.2 Å². The molecule has 0 N–H and O–H groups in total. The minimum Gasteiger partial charge on any atom is -0.368 e. The number of aromatic nitrogens is 3. The number of carbonyl (C=O) groups is 1. The van der Waals surface area contributed by atoms with Gasteiger partial charge in [0.05, 0.1) is 5.75 Å². The van der Waals surface area contributed by atoms with Crippen LogP contribution in [0.15, 0.2) is 60.0 Å². The lowest BCUT2D eigenvalue weighted by Gasteiger charge is -2.36. The predicted molar refractivity (Wildman–Crippen MR) is 117 cm³/mol. The smallest absolute Gasteiger partial charge is 0.233 e. The van der Waals surface area contributed by atoms with Crippen LogP contribution in [0, 0.1) is 6.92 Å². The Kier molecular flexibility index (Phi) is 6.06. The number of aryl methyl sites for hydroxylation is 1. The van der Waals surface area contributed by atoms with E-state index in [-0.39, 0.29) is 5.91 Å². The zero-order valence-electron chi connectivity index (χ0n) is 16.2. The molecule has 2 heterocycles. The molecular weight excluding hydrogens is 406 g/mol. The number of piperazine rings is 1. The van der Waals surface area contributed by atoms with Gasteiger partial charge >= 0.3 is 0 Å². The number of thioether (sulfide) groups is 1. The minimum absolute atomic E-state index is 0.124. The van der Waals surface area contributed by atoms with E-state index < -0.39 is 0 Å². The van der Waals surface area contributed by atoms with E-state index in [9.17, 15) is 4.79 Å². The molecule has 1 saturated heterocycles. The number of hydrogen-bond acceptors (Lipinski definition) is 5. The Hall–Kier alpha value is -2.51. The van der Waals surface area contributed by atoms with Gasteiger partial charge in [-0.1, -0.05) is 47.1 Å². The fourth-order valence-electron chi connectivity index (χ4n) is 3.31. The number of benzene rings is 2. The normalized spacial score (nSPS) is 14.3. The summed E-state index contributed by atoms with van der Waals surface area (Å²) in [6.07, 6.45) is 1.68. The highest BCUT2D eigenvalue weighted by atomic mass is 35.5. The van der Waals surface area contributed by atoms with E-state index in [1.54, 1.807) is 6.33 Å². The summed E-state index contributed by atoms with van der Waals surface area (Å²) in [5.74, 6) is 0.473. The van der Waals surface area contributed by atoms with Gasteiger partial charge in [0.1, 0.15) is 6.33 Å². The predicted octanol–water partition coefficient (Wildman–Crippen LogP) is 3.67. The van der Waals surface area contributed by atoms with E-state index in [1.807, 2.05) is 51.9 Å². The van der Waals surface area contributed by atoms with Crippen molar-refractivity contribution in [3.63, 3.8) is 0 Å². The number of carbonyl (C=O) groups excluding carboxylic acids is 1. The van der Waals surface area contributed by atoms with Crippen molar-refractivity contribution in [2.75, 3.05) is 36.8 Å². The number of rotatable bonds is 5. The number of amides is 1. The van der Waals surface area contributed by atoms with E-state index in [2.05, 4.69) is 28.1 Å². The van der Waals surface area contributed by atoms with Crippen LogP contribution in [0.5, 0.6) is 0 Å². The maximum absolute atomic E-state index is 12.7. The first-order valence-corrected chi connectivity index (χ1v) is 10.8. The summed E-state index contributed by atoms with van der Waals surface area (Å²) in [6.45, 7) is 5.07. The fraction of sp³-hybridized carbons (Fsp3) is 0.286. The summed E-state index contributed by atoms with van der Waals surface area (Å²) in [4.78, 5) is 16.9. The molecule has 150 valence electrons. The molecule has 8 heteroatoms. The average molecular weight is 428 g/mol. The van der Waals surface area contributed by atoms with Crippen LogP contribution in [0.25, 0.3) is 5.69 Å². The van der Waals surface area contributed by atoms with E-state index >= 15 is 0 Å². The second-order valence-corrected chi connectivity index (χ2v) is 8.33. The lowest BCUT2D eigenvalue weighted by molar-refractivity contribution is -0.128. The first kappa shape index (κ1) is 19.8. The van der Waals surface area contributed by atoms with Crippen molar-refractivity contribution in [3.8, 4) is 5.69 Å². The molecule has 0 saturated carbocycles. The molecule has 1 aliphatic rings. The van der Waals surface area contributed by atoms with Gasteiger partial charge in [0.15, 0.2) is 5.16 Å². The van der Waals surface area contributed by atoms with E-state index in [4.69, 9.17) is 11.6 Å². The first-order valence-electron chi connectivity index (χ1n) is 9.48. The standard InChI is InChI=1S/C21H22ClN5OS/c1-16-5-7-18(8-6-16)27-15-23-24-21(27)29-14-20(28)26-11-9-25(10-12-26)19-4-2-3-17(22)13-19/h2-8,13,15H,9-12,14H2,1H3. The summed E-state index contributed by atoms with van der Waals surface area (Å²) < 4.78 is 1.91. The van der Waals surface area contributed by atoms with Crippen LogP contribution in [0.3, 0.4) is 0 Å². The van der Waals surface area contributed by atoms with Crippen LogP contribution in [0.1, 0.15) is 5.56 Å². The van der Waals surface area contributed by atoms with Gasteiger partial charge in [0.2, 0.25) is 5.91 Å². The molecule has 0 spiro atoms. The molecule has 2 aromatic carbocycles. The topological polar surface area (TPSA) is 54.3 Å². The molecule has 29 heavy (non-hydrogen) atoms. The van der Waals surface area contributed by atoms with Gasteiger partial charge < -0.3 is 9.80 Å². The lowest BCUT2D eigenvalue weighted by atomic mass is 10.2. The largest absolute Gasteiger partial charge is 0.368 e. The summed E-state index contributed by atoms with van der Waals surface area (Å²) in [7, 11) is 0. The second kappa shape index (κ2) is 8.88. The number of anilines is 1. The Morgan fingerprint density at radius 1 is 1.07 bits per heavy atom. The molecule has 0 bridgehead atoms. The SMILES string of the molecule is Cc1ccc(-n2cnnc2SCC(=O)N2CCN(c3cccc(Cl)c3)CC2)cc1. The third-order valence-corrected chi connectivity index (χ3v) is 6.12. The third kappa shape index (κ3) is 4.74. The van der Waals surface area contributed by atoms with Gasteiger partial charge in [-0.05, 0) is 37.3 Å². The van der Waals surface area contributed by atoms with E-state index in [0.717, 1.165) is 34.6 Å². The molecular formula is C21H22ClN5OS. The molecule has 1 fully saturated rings. The molecule has 0 atom stereocenters. The van der Waals surface area contributed by atoms with Crippen LogP contribution in [-0.2, 0) is 4.79 Å². The fourth-order valence-corrected chi connectivity index (χ4v) is 4.33. The van der Waals surface area contributed by atoms with Gasteiger partial charge in [-0.3, -0.25) is 9.36 Å². The highest BCUT2D eigenvalue weighted by molar-refractivity contribution is 7.99. The highest BCUT2D eigenvalue weighted by Crippen LogP contribution is 2.23. The van der Waals surface area contributed by atoms with Crippen molar-refractivity contribution in [1.82, 2.24) is 19.7 Å². The number of nitrogens with zero attached hydrogens (tertiary/aromatic N) is 5. The van der Waals surface area contributed by atoms with Crippen molar-refractivity contribution in [2.45, 2.75) is 12.1 Å². The van der Waals surface area contributed by atoms with Gasteiger partial charge in [-0.25, -0.2) is 0 Å². The molecule has 4 rings (SSSR count). The third-order valence-electron chi connectivity index (χ3n) is 4.96. The van der Waals surface area contributed by atoms with Gasteiger partial charge in [0.25, 0.3) is 0 Å². The van der Waals surface area contributed by atoms with E-state index in [0.29, 0.717) is 18.8 Å². The monoisotopic (exact) mass is 427 g/mol. The zero-order valence-corrected chi connectivity index (χ0v) is 17.7. The van der Waals surface area contributed by atoms with E-state index in [1.165, 1.54) is 17.3 Å². The van der Waals surface area contributed by atoms with Crippen molar-refractivity contribution in [3.05, 3.63) is 65.4 Å². The zero-order chi connectivity index (χ0) is 20.2. The average Bonchev–Trinajstić information content (AvgIpc) is 3.21. The summed E-state index contributed by atoms with van der Waals surface area (Å²) in [6, 6.07) is 16.0. The van der Waals surface area contributed by atoms with Crippen molar-refractivity contribution < 1.29 is 4.79 Å². The molecule has 6 nitrogen and oxygen atoms in total. The van der Waals surface area contributed by atoms with Gasteiger partial charge in [0, 0.05) is 42.6 Å². The minimum atomic E-state index is 0.124. The number of halogens is 1. The molecule has 0 aliphatic carbocycles. The van der Waals surface area contributed by atoms with Crippen LogP contribution < -0.4 is 4.90 Å². The van der Waals surface area contributed by atoms with Crippen LogP contribution >= 0.6 is 23.4 Å². The number of hydrogen-bond donors (Lipinski definition) is 0. The summed E-state index contributed by atoms with van der Waals surface area (Å²) in [5.41, 5.74) is 3.29. The molecule has 1 aliphatic heterocycles. The van der Waals surface area contributed by atoms with Crippen molar-refractivity contribution in [1.29, 1.82) is 0 Å². The Bertz CT molecular complexity index is 983. The summed E-state index contributed by atoms with van der Waals surface area (Å²) >= 11 is 7.51. The lowest BCUT2D eigenvalue weighted by Crippen LogP contribution is -2.49. The Morgan fingerprint density at radius 3 is 2.55 bits per heavy atom. The Labute approximate surface area is 179 Å². The molecule has 1 amide bonds. The second-order valence-electron chi connectivity index (χ2n) is 6.96. The van der Waals surface area contributed by atoms with Gasteiger partial charge in [-0.2, -0.15) is 0 Å². The van der Waals surface area contributed by atoms with Crippen LogP contribution in [0.2, 0.25) is 5.02 Å². The molecule has 3 aromatic rings. The molecule has 0 radical (unpaired) electrons. The molecule has 1 aromatic heterocycles. The Balaban J connectivity index is 1.32. The maximum atomic E-state index is 12.7. The summed E-state index contributed by atoms with van der Waals surface area (Å²) in [5, 5.41) is 9.64.